The Morgan fingerprint density at radius 1 is 1.17 bits per heavy atom. The lowest BCUT2D eigenvalue weighted by Gasteiger charge is -1.99. The predicted octanol–water partition coefficient (Wildman–Crippen LogP) is 0.712. The van der Waals surface area contributed by atoms with Crippen molar-refractivity contribution in [3.05, 3.63) is 22.2 Å². The minimum absolute atomic E-state index is 0.599. The van der Waals surface area contributed by atoms with Crippen LogP contribution in [0.5, 0.6) is 17.2 Å². The van der Waals surface area contributed by atoms with Crippen LogP contribution in [0.25, 0.3) is 0 Å². The molecular weight excluding hydrogens is 166 g/mol. The van der Waals surface area contributed by atoms with Crippen molar-refractivity contribution >= 4 is 5.69 Å². The molecule has 6 nitrogen and oxygen atoms in total. The van der Waals surface area contributed by atoms with Crippen LogP contribution in [0, 0.1) is 10.1 Å². The maximum absolute atomic E-state index is 10.1. The van der Waals surface area contributed by atoms with Crippen molar-refractivity contribution in [2.24, 2.45) is 0 Å². The Morgan fingerprint density at radius 2 is 1.75 bits per heavy atom. The van der Waals surface area contributed by atoms with Crippen molar-refractivity contribution in [3.8, 4) is 17.2 Å². The molecule has 0 spiro atoms. The summed E-state index contributed by atoms with van der Waals surface area (Å²) >= 11 is 0. The molecule has 0 aliphatic heterocycles. The molecule has 1 rings (SSSR count). The Balaban J connectivity index is 3.36. The van der Waals surface area contributed by atoms with Crippen LogP contribution in [-0.4, -0.2) is 20.2 Å². The van der Waals surface area contributed by atoms with Crippen LogP contribution in [0.15, 0.2) is 12.1 Å². The molecule has 0 aliphatic rings. The van der Waals surface area contributed by atoms with Crippen molar-refractivity contribution in [1.29, 1.82) is 0 Å². The van der Waals surface area contributed by atoms with E-state index < -0.39 is 27.9 Å². The van der Waals surface area contributed by atoms with Crippen LogP contribution >= 0.6 is 0 Å². The first kappa shape index (κ1) is 8.12. The van der Waals surface area contributed by atoms with Gasteiger partial charge in [0.05, 0.1) is 4.92 Å². The van der Waals surface area contributed by atoms with Crippen LogP contribution in [0.4, 0.5) is 5.69 Å². The lowest BCUT2D eigenvalue weighted by molar-refractivity contribution is -0.386. The minimum atomic E-state index is -0.931. The largest absolute Gasteiger partial charge is 0.504 e. The van der Waals surface area contributed by atoms with E-state index in [1.165, 1.54) is 0 Å². The van der Waals surface area contributed by atoms with E-state index in [0.717, 1.165) is 12.1 Å². The first-order chi connectivity index (χ1) is 5.54. The molecule has 0 aromatic heterocycles. The first-order valence-corrected chi connectivity index (χ1v) is 2.92. The van der Waals surface area contributed by atoms with Gasteiger partial charge in [0.15, 0.2) is 5.75 Å². The Labute approximate surface area is 66.5 Å². The second kappa shape index (κ2) is 2.57. The fourth-order valence-corrected chi connectivity index (χ4v) is 0.706. The summed E-state index contributed by atoms with van der Waals surface area (Å²) < 4.78 is 0. The number of hydrogen-bond donors (Lipinski definition) is 3. The second-order valence-corrected chi connectivity index (χ2v) is 2.06. The third kappa shape index (κ3) is 1.09. The van der Waals surface area contributed by atoms with Gasteiger partial charge in [-0.25, -0.2) is 0 Å². The van der Waals surface area contributed by atoms with Gasteiger partial charge in [0.25, 0.3) is 0 Å². The van der Waals surface area contributed by atoms with Gasteiger partial charge in [0, 0.05) is 6.07 Å². The predicted molar refractivity (Wildman–Crippen MR) is 38.1 cm³/mol. The monoisotopic (exact) mass is 171 g/mol. The fourth-order valence-electron chi connectivity index (χ4n) is 0.706. The highest BCUT2D eigenvalue weighted by atomic mass is 16.6. The third-order valence-electron chi connectivity index (χ3n) is 1.31. The molecule has 0 aliphatic carbocycles. The molecule has 0 saturated carbocycles. The SMILES string of the molecule is O=[N+]([O-])c1ccc(O)c(O)c1O. The summed E-state index contributed by atoms with van der Waals surface area (Å²) in [5, 5.41) is 36.6. The fraction of sp³-hybridized carbons (Fsp3) is 0. The average molecular weight is 171 g/mol. The third-order valence-corrected chi connectivity index (χ3v) is 1.31. The van der Waals surface area contributed by atoms with Gasteiger partial charge in [-0.1, -0.05) is 0 Å². The molecule has 6 heteroatoms. The van der Waals surface area contributed by atoms with E-state index in [4.69, 9.17) is 15.3 Å². The van der Waals surface area contributed by atoms with Gasteiger partial charge in [-0.15, -0.1) is 0 Å². The number of aromatic hydroxyl groups is 3. The molecule has 0 unspecified atom stereocenters. The van der Waals surface area contributed by atoms with Gasteiger partial charge in [0.1, 0.15) is 0 Å². The standard InChI is InChI=1S/C6H5NO5/c8-4-2-1-3(7(11)12)5(9)6(4)10/h1-2,8-10H. The highest BCUT2D eigenvalue weighted by Gasteiger charge is 2.19. The average Bonchev–Trinajstić information content (AvgIpc) is 2.00. The molecule has 0 atom stereocenters. The summed E-state index contributed by atoms with van der Waals surface area (Å²) in [5.74, 6) is -2.41. The summed E-state index contributed by atoms with van der Waals surface area (Å²) in [4.78, 5) is 9.27. The van der Waals surface area contributed by atoms with Crippen LogP contribution < -0.4 is 0 Å². The zero-order valence-corrected chi connectivity index (χ0v) is 5.76. The van der Waals surface area contributed by atoms with E-state index in [1.54, 1.807) is 0 Å². The topological polar surface area (TPSA) is 104 Å². The number of nitro benzene ring substituents is 1. The van der Waals surface area contributed by atoms with Crippen molar-refractivity contribution in [1.82, 2.24) is 0 Å². The number of hydrogen-bond acceptors (Lipinski definition) is 5. The minimum Gasteiger partial charge on any atom is -0.504 e. The Bertz CT molecular complexity index is 335. The summed E-state index contributed by atoms with van der Waals surface area (Å²) in [6, 6.07) is 1.82. The molecule has 1 aromatic rings. The molecule has 0 heterocycles. The zero-order valence-electron chi connectivity index (χ0n) is 5.76. The van der Waals surface area contributed by atoms with E-state index in [-0.39, 0.29) is 0 Å². The molecule has 1 aromatic carbocycles. The lowest BCUT2D eigenvalue weighted by atomic mass is 10.2. The maximum Gasteiger partial charge on any atom is 0.314 e. The summed E-state index contributed by atoms with van der Waals surface area (Å²) in [7, 11) is 0. The van der Waals surface area contributed by atoms with E-state index in [0.29, 0.717) is 0 Å². The smallest absolute Gasteiger partial charge is 0.314 e. The van der Waals surface area contributed by atoms with Crippen molar-refractivity contribution < 1.29 is 20.2 Å². The van der Waals surface area contributed by atoms with Crippen LogP contribution in [0.3, 0.4) is 0 Å². The highest BCUT2D eigenvalue weighted by Crippen LogP contribution is 2.40. The number of nitro groups is 1. The Hall–Kier alpha value is -1.98. The molecule has 0 saturated heterocycles. The first-order valence-electron chi connectivity index (χ1n) is 2.92. The van der Waals surface area contributed by atoms with Crippen molar-refractivity contribution in [2.75, 3.05) is 0 Å². The van der Waals surface area contributed by atoms with E-state index >= 15 is 0 Å². The summed E-state index contributed by atoms with van der Waals surface area (Å²) in [5.41, 5.74) is -0.648. The van der Waals surface area contributed by atoms with Crippen LogP contribution in [0.1, 0.15) is 0 Å². The quantitative estimate of drug-likeness (QED) is 0.328. The lowest BCUT2D eigenvalue weighted by Crippen LogP contribution is -1.88. The Morgan fingerprint density at radius 3 is 2.25 bits per heavy atom. The van der Waals surface area contributed by atoms with Gasteiger partial charge in [-0.3, -0.25) is 10.1 Å². The Kier molecular flexibility index (Phi) is 1.74. The molecule has 3 N–H and O–H groups in total. The number of phenols is 3. The van der Waals surface area contributed by atoms with Crippen LogP contribution in [-0.2, 0) is 0 Å². The van der Waals surface area contributed by atoms with Crippen LogP contribution in [0.2, 0.25) is 0 Å². The number of phenolic OH excluding ortho intramolecular Hbond substituents is 3. The van der Waals surface area contributed by atoms with E-state index in [9.17, 15) is 10.1 Å². The summed E-state index contributed by atoms with van der Waals surface area (Å²) in [6.45, 7) is 0. The number of benzene rings is 1. The second-order valence-electron chi connectivity index (χ2n) is 2.06. The van der Waals surface area contributed by atoms with Crippen molar-refractivity contribution in [2.45, 2.75) is 0 Å². The maximum atomic E-state index is 10.1. The summed E-state index contributed by atoms with van der Waals surface area (Å²) in [6.07, 6.45) is 0. The van der Waals surface area contributed by atoms with E-state index in [2.05, 4.69) is 0 Å². The number of rotatable bonds is 1. The number of nitrogens with zero attached hydrogens (tertiary/aromatic N) is 1. The van der Waals surface area contributed by atoms with Gasteiger partial charge >= 0.3 is 5.69 Å². The molecular formula is C6H5NO5. The van der Waals surface area contributed by atoms with E-state index in [1.807, 2.05) is 0 Å². The molecule has 0 amide bonds. The van der Waals surface area contributed by atoms with Gasteiger partial charge < -0.3 is 15.3 Å². The molecule has 64 valence electrons. The van der Waals surface area contributed by atoms with Gasteiger partial charge in [0.2, 0.25) is 11.5 Å². The molecule has 0 radical (unpaired) electrons. The molecule has 0 fully saturated rings. The van der Waals surface area contributed by atoms with Gasteiger partial charge in [-0.05, 0) is 6.07 Å². The normalized spacial score (nSPS) is 9.67. The molecule has 0 bridgehead atoms. The van der Waals surface area contributed by atoms with Gasteiger partial charge in [-0.2, -0.15) is 0 Å². The van der Waals surface area contributed by atoms with Crippen molar-refractivity contribution in [3.63, 3.8) is 0 Å². The zero-order chi connectivity index (χ0) is 9.30. The highest BCUT2D eigenvalue weighted by molar-refractivity contribution is 5.60. The molecule has 12 heavy (non-hydrogen) atoms.